The number of aryl methyl sites for hydroxylation is 1. The van der Waals surface area contributed by atoms with Crippen LogP contribution < -0.4 is 10.1 Å². The summed E-state index contributed by atoms with van der Waals surface area (Å²) in [5, 5.41) is 15.2. The van der Waals surface area contributed by atoms with E-state index >= 15 is 0 Å². The smallest absolute Gasteiger partial charge is 0.264 e. The van der Waals surface area contributed by atoms with Crippen LogP contribution in [-0.4, -0.2) is 38.7 Å². The number of hydrogen-bond donors (Lipinski definition) is 1. The Balaban J connectivity index is 2.17. The molecule has 7 nitrogen and oxygen atoms in total. The predicted octanol–water partition coefficient (Wildman–Crippen LogP) is 2.13. The van der Waals surface area contributed by atoms with Gasteiger partial charge in [0.25, 0.3) is 5.91 Å². The normalized spacial score (nSPS) is 10.6. The molecular formula is C11H15N5O2S2. The zero-order valence-electron chi connectivity index (χ0n) is 11.4. The van der Waals surface area contributed by atoms with Gasteiger partial charge in [-0.1, -0.05) is 23.1 Å². The molecule has 108 valence electrons. The molecule has 2 heterocycles. The number of rotatable bonds is 6. The Morgan fingerprint density at radius 2 is 2.30 bits per heavy atom. The van der Waals surface area contributed by atoms with Crippen molar-refractivity contribution >= 4 is 34.1 Å². The summed E-state index contributed by atoms with van der Waals surface area (Å²) < 4.78 is 7.84. The van der Waals surface area contributed by atoms with Gasteiger partial charge in [-0.05, 0) is 20.1 Å². The fourth-order valence-electron chi connectivity index (χ4n) is 1.47. The second-order valence-electron chi connectivity index (χ2n) is 3.67. The van der Waals surface area contributed by atoms with Crippen molar-refractivity contribution in [1.29, 1.82) is 0 Å². The minimum absolute atomic E-state index is 0.294. The van der Waals surface area contributed by atoms with Gasteiger partial charge in [0.15, 0.2) is 4.34 Å². The maximum Gasteiger partial charge on any atom is 0.264 e. The molecule has 0 fully saturated rings. The van der Waals surface area contributed by atoms with Crippen LogP contribution in [0.25, 0.3) is 0 Å². The first-order chi connectivity index (χ1) is 9.67. The summed E-state index contributed by atoms with van der Waals surface area (Å²) in [5.74, 6) is 0.0402. The molecular weight excluding hydrogens is 298 g/mol. The lowest BCUT2D eigenvalue weighted by atomic mass is 10.3. The molecule has 0 aliphatic rings. The SMILES string of the molecule is CCOc1nn(CC)cc1C(=O)Nc1nnc(SC)s1. The second-order valence-corrected chi connectivity index (χ2v) is 5.70. The Bertz CT molecular complexity index is 595. The summed E-state index contributed by atoms with van der Waals surface area (Å²) in [6.07, 6.45) is 3.57. The van der Waals surface area contributed by atoms with Crippen molar-refractivity contribution in [3.05, 3.63) is 11.8 Å². The molecule has 0 spiro atoms. The van der Waals surface area contributed by atoms with E-state index in [2.05, 4.69) is 20.6 Å². The van der Waals surface area contributed by atoms with Crippen molar-refractivity contribution in [3.63, 3.8) is 0 Å². The number of carbonyl (C=O) groups excluding carboxylic acids is 1. The number of hydrogen-bond acceptors (Lipinski definition) is 7. The van der Waals surface area contributed by atoms with E-state index in [0.29, 0.717) is 29.7 Å². The van der Waals surface area contributed by atoms with Gasteiger partial charge in [0.1, 0.15) is 5.56 Å². The standard InChI is InChI=1S/C11H15N5O2S2/c1-4-16-6-7(9(15-16)18-5-2)8(17)12-10-13-14-11(19-3)20-10/h6H,4-5H2,1-3H3,(H,12,13,17). The Hall–Kier alpha value is -1.61. The van der Waals surface area contributed by atoms with Gasteiger partial charge in [-0.2, -0.15) is 0 Å². The number of nitrogens with one attached hydrogen (secondary N) is 1. The zero-order valence-corrected chi connectivity index (χ0v) is 13.0. The molecule has 2 aromatic heterocycles. The fourth-order valence-corrected chi connectivity index (χ4v) is 2.64. The quantitative estimate of drug-likeness (QED) is 0.650. The largest absolute Gasteiger partial charge is 0.476 e. The van der Waals surface area contributed by atoms with Crippen LogP contribution in [0.15, 0.2) is 10.5 Å². The highest BCUT2D eigenvalue weighted by Gasteiger charge is 2.19. The van der Waals surface area contributed by atoms with Gasteiger partial charge < -0.3 is 4.74 Å². The van der Waals surface area contributed by atoms with Gasteiger partial charge in [0, 0.05) is 12.7 Å². The van der Waals surface area contributed by atoms with Gasteiger partial charge in [-0.25, -0.2) is 0 Å². The van der Waals surface area contributed by atoms with E-state index in [4.69, 9.17) is 4.74 Å². The molecule has 0 bridgehead atoms. The van der Waals surface area contributed by atoms with E-state index in [-0.39, 0.29) is 5.91 Å². The van der Waals surface area contributed by atoms with Crippen LogP contribution in [0.2, 0.25) is 0 Å². The van der Waals surface area contributed by atoms with Gasteiger partial charge in [0.2, 0.25) is 11.0 Å². The maximum atomic E-state index is 12.2. The van der Waals surface area contributed by atoms with Crippen LogP contribution in [0.1, 0.15) is 24.2 Å². The van der Waals surface area contributed by atoms with E-state index in [9.17, 15) is 4.79 Å². The molecule has 9 heteroatoms. The van der Waals surface area contributed by atoms with Crippen molar-refractivity contribution in [2.24, 2.45) is 0 Å². The molecule has 1 N–H and O–H groups in total. The topological polar surface area (TPSA) is 81.9 Å². The molecule has 0 aliphatic carbocycles. The third kappa shape index (κ3) is 3.28. The van der Waals surface area contributed by atoms with E-state index in [0.717, 1.165) is 4.34 Å². The molecule has 0 saturated carbocycles. The highest BCUT2D eigenvalue weighted by atomic mass is 32.2. The summed E-state index contributed by atoms with van der Waals surface area (Å²) in [7, 11) is 0. The molecule has 0 aromatic carbocycles. The monoisotopic (exact) mass is 313 g/mol. The first kappa shape index (κ1) is 14.8. The third-order valence-electron chi connectivity index (χ3n) is 2.38. The molecule has 0 saturated heterocycles. The number of nitrogens with zero attached hydrogens (tertiary/aromatic N) is 4. The molecule has 0 radical (unpaired) electrons. The molecule has 20 heavy (non-hydrogen) atoms. The number of aromatic nitrogens is 4. The van der Waals surface area contributed by atoms with Crippen molar-refractivity contribution < 1.29 is 9.53 Å². The molecule has 2 aromatic rings. The van der Waals surface area contributed by atoms with Crippen molar-refractivity contribution in [3.8, 4) is 5.88 Å². The lowest BCUT2D eigenvalue weighted by Gasteiger charge is -2.01. The van der Waals surface area contributed by atoms with Crippen molar-refractivity contribution in [2.75, 3.05) is 18.2 Å². The van der Waals surface area contributed by atoms with Gasteiger partial charge in [-0.3, -0.25) is 14.8 Å². The average Bonchev–Trinajstić information content (AvgIpc) is 3.05. The Morgan fingerprint density at radius 1 is 1.50 bits per heavy atom. The Morgan fingerprint density at radius 3 is 2.90 bits per heavy atom. The van der Waals surface area contributed by atoms with Crippen LogP contribution in [0.3, 0.4) is 0 Å². The van der Waals surface area contributed by atoms with E-state index < -0.39 is 0 Å². The molecule has 0 unspecified atom stereocenters. The Labute approximate surface area is 124 Å². The van der Waals surface area contributed by atoms with Crippen molar-refractivity contribution in [1.82, 2.24) is 20.0 Å². The second kappa shape index (κ2) is 6.71. The van der Waals surface area contributed by atoms with Crippen LogP contribution in [0, 0.1) is 0 Å². The van der Waals surface area contributed by atoms with Gasteiger partial charge >= 0.3 is 0 Å². The van der Waals surface area contributed by atoms with Crippen LogP contribution in [0.5, 0.6) is 5.88 Å². The van der Waals surface area contributed by atoms with Gasteiger partial charge in [-0.15, -0.1) is 15.3 Å². The highest BCUT2D eigenvalue weighted by Crippen LogP contribution is 2.24. The summed E-state index contributed by atoms with van der Waals surface area (Å²) in [6, 6.07) is 0. The number of carbonyl (C=O) groups is 1. The lowest BCUT2D eigenvalue weighted by Crippen LogP contribution is -2.12. The predicted molar refractivity (Wildman–Crippen MR) is 78.7 cm³/mol. The fraction of sp³-hybridized carbons (Fsp3) is 0.455. The molecule has 0 aliphatic heterocycles. The number of thioether (sulfide) groups is 1. The maximum absolute atomic E-state index is 12.2. The first-order valence-electron chi connectivity index (χ1n) is 6.07. The minimum Gasteiger partial charge on any atom is -0.476 e. The average molecular weight is 313 g/mol. The molecule has 0 atom stereocenters. The van der Waals surface area contributed by atoms with Gasteiger partial charge in [0.05, 0.1) is 6.61 Å². The summed E-state index contributed by atoms with van der Waals surface area (Å²) in [6.45, 7) is 4.92. The van der Waals surface area contributed by atoms with Crippen molar-refractivity contribution in [2.45, 2.75) is 24.7 Å². The van der Waals surface area contributed by atoms with Crippen LogP contribution >= 0.6 is 23.1 Å². The van der Waals surface area contributed by atoms with Crippen LogP contribution in [0.4, 0.5) is 5.13 Å². The highest BCUT2D eigenvalue weighted by molar-refractivity contribution is 8.00. The number of anilines is 1. The summed E-state index contributed by atoms with van der Waals surface area (Å²) >= 11 is 2.81. The number of amides is 1. The van der Waals surface area contributed by atoms with E-state index in [1.54, 1.807) is 10.9 Å². The zero-order chi connectivity index (χ0) is 14.5. The summed E-state index contributed by atoms with van der Waals surface area (Å²) in [5.41, 5.74) is 0.398. The molecule has 2 rings (SSSR count). The van der Waals surface area contributed by atoms with Crippen LogP contribution in [-0.2, 0) is 6.54 Å². The number of ether oxygens (including phenoxy) is 1. The third-order valence-corrected chi connectivity index (χ3v) is 4.19. The summed E-state index contributed by atoms with van der Waals surface area (Å²) in [4.78, 5) is 12.2. The van der Waals surface area contributed by atoms with E-state index in [1.807, 2.05) is 20.1 Å². The van der Waals surface area contributed by atoms with E-state index in [1.165, 1.54) is 23.1 Å². The Kier molecular flexibility index (Phi) is 4.96. The first-order valence-corrected chi connectivity index (χ1v) is 8.11. The minimum atomic E-state index is -0.294. The lowest BCUT2D eigenvalue weighted by molar-refractivity contribution is 0.102. The molecule has 1 amide bonds.